The van der Waals surface area contributed by atoms with Crippen LogP contribution in [0.5, 0.6) is 0 Å². The molecule has 0 bridgehead atoms. The third-order valence-electron chi connectivity index (χ3n) is 5.82. The Hall–Kier alpha value is -2.71. The topological polar surface area (TPSA) is 103 Å². The van der Waals surface area contributed by atoms with Crippen LogP contribution in [0.15, 0.2) is 43.0 Å². The molecular weight excluding hydrogens is 418 g/mol. The van der Waals surface area contributed by atoms with E-state index in [1.54, 1.807) is 0 Å². The Labute approximate surface area is 195 Å². The minimum atomic E-state index is -0.488. The van der Waals surface area contributed by atoms with E-state index >= 15 is 0 Å². The summed E-state index contributed by atoms with van der Waals surface area (Å²) in [7, 11) is 0. The minimum absolute atomic E-state index is 0.0342. The van der Waals surface area contributed by atoms with E-state index in [1.807, 2.05) is 45.0 Å². The molecule has 2 aromatic rings. The summed E-state index contributed by atoms with van der Waals surface area (Å²) in [6.45, 7) is 12.0. The number of carbonyl (C=O) groups excluding carboxylic acids is 1. The average Bonchev–Trinajstić information content (AvgIpc) is 3.11. The second-order valence-corrected chi connectivity index (χ2v) is 8.62. The third kappa shape index (κ3) is 5.81. The summed E-state index contributed by atoms with van der Waals surface area (Å²) < 4.78 is 6.28. The molecule has 5 N–H and O–H groups in total. The van der Waals surface area contributed by atoms with Gasteiger partial charge >= 0.3 is 0 Å². The molecule has 0 aliphatic heterocycles. The smallest absolute Gasteiger partial charge is 0.251 e. The molecule has 178 valence electrons. The molecule has 1 unspecified atom stereocenters. The van der Waals surface area contributed by atoms with Crippen molar-refractivity contribution in [3.05, 3.63) is 65.2 Å². The van der Waals surface area contributed by atoms with E-state index in [1.165, 1.54) is 0 Å². The molecule has 33 heavy (non-hydrogen) atoms. The van der Waals surface area contributed by atoms with Crippen molar-refractivity contribution < 1.29 is 19.7 Å². The Balaban J connectivity index is 1.98. The first-order valence-corrected chi connectivity index (χ1v) is 11.4. The second kappa shape index (κ2) is 10.9. The van der Waals surface area contributed by atoms with E-state index in [4.69, 9.17) is 14.9 Å². The summed E-state index contributed by atoms with van der Waals surface area (Å²) in [6, 6.07) is 11.9. The SMILES string of the molecule is C=C(NCCO)c1ccc2c(c1)C(COC(C)(C)NCC)c1cc(C(=O)NCCO)ccc1-2. The van der Waals surface area contributed by atoms with Gasteiger partial charge in [-0.25, -0.2) is 0 Å². The molecule has 1 aliphatic carbocycles. The normalized spacial score (nSPS) is 14.5. The van der Waals surface area contributed by atoms with E-state index in [-0.39, 0.29) is 31.6 Å². The fraction of sp³-hybridized carbons (Fsp3) is 0.423. The van der Waals surface area contributed by atoms with Crippen LogP contribution in [0.25, 0.3) is 16.8 Å². The first kappa shape index (κ1) is 24.9. The number of amides is 1. The van der Waals surface area contributed by atoms with Gasteiger partial charge in [0.2, 0.25) is 0 Å². The molecule has 1 aliphatic rings. The number of rotatable bonds is 12. The van der Waals surface area contributed by atoms with E-state index in [9.17, 15) is 4.79 Å². The second-order valence-electron chi connectivity index (χ2n) is 8.62. The van der Waals surface area contributed by atoms with E-state index in [0.29, 0.717) is 18.7 Å². The van der Waals surface area contributed by atoms with Crippen molar-refractivity contribution in [3.8, 4) is 11.1 Å². The van der Waals surface area contributed by atoms with Gasteiger partial charge in [0.1, 0.15) is 5.72 Å². The maximum Gasteiger partial charge on any atom is 0.251 e. The third-order valence-corrected chi connectivity index (χ3v) is 5.82. The number of hydrogen-bond donors (Lipinski definition) is 5. The quantitative estimate of drug-likeness (QED) is 0.316. The first-order valence-electron chi connectivity index (χ1n) is 11.4. The van der Waals surface area contributed by atoms with Crippen molar-refractivity contribution in [2.24, 2.45) is 0 Å². The zero-order valence-electron chi connectivity index (χ0n) is 19.7. The van der Waals surface area contributed by atoms with Crippen molar-refractivity contribution in [3.63, 3.8) is 0 Å². The number of fused-ring (bicyclic) bond motifs is 3. The summed E-state index contributed by atoms with van der Waals surface area (Å²) in [5, 5.41) is 27.3. The molecule has 7 nitrogen and oxygen atoms in total. The summed E-state index contributed by atoms with van der Waals surface area (Å²) in [5.74, 6) is -0.262. The Morgan fingerprint density at radius 2 is 1.58 bits per heavy atom. The fourth-order valence-electron chi connectivity index (χ4n) is 4.22. The molecular formula is C26H35N3O4. The van der Waals surface area contributed by atoms with E-state index in [0.717, 1.165) is 40.1 Å². The number of hydrogen-bond acceptors (Lipinski definition) is 6. The van der Waals surface area contributed by atoms with Gasteiger partial charge in [0.05, 0.1) is 19.8 Å². The van der Waals surface area contributed by atoms with E-state index in [2.05, 4.69) is 34.7 Å². The lowest BCUT2D eigenvalue weighted by molar-refractivity contribution is -0.0444. The van der Waals surface area contributed by atoms with Gasteiger partial charge < -0.3 is 25.6 Å². The maximum atomic E-state index is 12.5. The Bertz CT molecular complexity index is 934. The zero-order chi connectivity index (χ0) is 24.0. The summed E-state index contributed by atoms with van der Waals surface area (Å²) >= 11 is 0. The van der Waals surface area contributed by atoms with Crippen molar-refractivity contribution in [1.29, 1.82) is 0 Å². The van der Waals surface area contributed by atoms with Crippen molar-refractivity contribution in [1.82, 2.24) is 16.0 Å². The van der Waals surface area contributed by atoms with Crippen LogP contribution in [0.3, 0.4) is 0 Å². The number of aliphatic hydroxyl groups is 2. The molecule has 0 saturated heterocycles. The molecule has 2 aromatic carbocycles. The van der Waals surface area contributed by atoms with Crippen LogP contribution >= 0.6 is 0 Å². The molecule has 0 spiro atoms. The van der Waals surface area contributed by atoms with Gasteiger partial charge in [0.15, 0.2) is 0 Å². The number of benzene rings is 2. The van der Waals surface area contributed by atoms with Crippen LogP contribution in [0, 0.1) is 0 Å². The zero-order valence-corrected chi connectivity index (χ0v) is 19.7. The standard InChI is InChI=1S/C26H35N3O4/c1-5-29-26(3,4)33-16-24-22-14-18(17(2)27-10-12-30)6-8-20(22)21-9-7-19(15-23(21)24)25(32)28-11-13-31/h6-9,14-15,24,27,29-31H,2,5,10-13,16H2,1,3-4H3,(H,28,32). The molecule has 3 rings (SSSR count). The molecule has 0 radical (unpaired) electrons. The lowest BCUT2D eigenvalue weighted by Crippen LogP contribution is -2.42. The van der Waals surface area contributed by atoms with Gasteiger partial charge in [-0.2, -0.15) is 0 Å². The molecule has 1 amide bonds. The molecule has 1 atom stereocenters. The predicted octanol–water partition coefficient (Wildman–Crippen LogP) is 2.44. The largest absolute Gasteiger partial charge is 0.395 e. The number of nitrogens with one attached hydrogen (secondary N) is 3. The number of carbonyl (C=O) groups is 1. The van der Waals surface area contributed by atoms with Crippen LogP contribution in [-0.2, 0) is 4.74 Å². The number of aliphatic hydroxyl groups excluding tert-OH is 2. The Morgan fingerprint density at radius 3 is 2.18 bits per heavy atom. The highest BCUT2D eigenvalue weighted by molar-refractivity contribution is 5.96. The van der Waals surface area contributed by atoms with Crippen LogP contribution in [-0.4, -0.2) is 61.3 Å². The van der Waals surface area contributed by atoms with Crippen LogP contribution in [0.4, 0.5) is 0 Å². The molecule has 0 fully saturated rings. The molecule has 7 heteroatoms. The highest BCUT2D eigenvalue weighted by Crippen LogP contribution is 2.46. The van der Waals surface area contributed by atoms with Crippen LogP contribution in [0.2, 0.25) is 0 Å². The maximum absolute atomic E-state index is 12.5. The van der Waals surface area contributed by atoms with Crippen molar-refractivity contribution in [2.45, 2.75) is 32.4 Å². The van der Waals surface area contributed by atoms with Gasteiger partial charge in [-0.05, 0) is 66.4 Å². The van der Waals surface area contributed by atoms with Gasteiger partial charge in [0, 0.05) is 30.3 Å². The first-order chi connectivity index (χ1) is 15.8. The van der Waals surface area contributed by atoms with E-state index < -0.39 is 5.72 Å². The molecule has 0 heterocycles. The summed E-state index contributed by atoms with van der Waals surface area (Å²) in [4.78, 5) is 12.5. The summed E-state index contributed by atoms with van der Waals surface area (Å²) in [5.41, 5.74) is 6.12. The highest BCUT2D eigenvalue weighted by atomic mass is 16.5. The average molecular weight is 454 g/mol. The Kier molecular flexibility index (Phi) is 8.26. The van der Waals surface area contributed by atoms with Crippen LogP contribution < -0.4 is 16.0 Å². The lowest BCUT2D eigenvalue weighted by Gasteiger charge is -2.28. The molecule has 0 saturated carbocycles. The lowest BCUT2D eigenvalue weighted by atomic mass is 9.95. The van der Waals surface area contributed by atoms with Crippen LogP contribution in [0.1, 0.15) is 53.7 Å². The van der Waals surface area contributed by atoms with Crippen molar-refractivity contribution >= 4 is 11.6 Å². The fourth-order valence-corrected chi connectivity index (χ4v) is 4.22. The monoisotopic (exact) mass is 453 g/mol. The minimum Gasteiger partial charge on any atom is -0.395 e. The van der Waals surface area contributed by atoms with Gasteiger partial charge in [-0.3, -0.25) is 10.1 Å². The summed E-state index contributed by atoms with van der Waals surface area (Å²) in [6.07, 6.45) is 0. The van der Waals surface area contributed by atoms with Gasteiger partial charge in [-0.1, -0.05) is 31.7 Å². The van der Waals surface area contributed by atoms with Gasteiger partial charge in [-0.15, -0.1) is 0 Å². The number of ether oxygens (including phenoxy) is 1. The molecule has 0 aromatic heterocycles. The van der Waals surface area contributed by atoms with Gasteiger partial charge in [0.25, 0.3) is 5.91 Å². The highest BCUT2D eigenvalue weighted by Gasteiger charge is 2.32. The predicted molar refractivity (Wildman–Crippen MR) is 131 cm³/mol. The van der Waals surface area contributed by atoms with Crippen molar-refractivity contribution in [2.75, 3.05) is 39.5 Å². The Morgan fingerprint density at radius 1 is 1.00 bits per heavy atom.